The fourth-order valence-corrected chi connectivity index (χ4v) is 1.69. The number of nitrogens with zero attached hydrogens (tertiary/aromatic N) is 2. The Bertz CT molecular complexity index is 572. The molecule has 2 N–H and O–H groups in total. The van der Waals surface area contributed by atoms with Gasteiger partial charge in [-0.1, -0.05) is 17.7 Å². The van der Waals surface area contributed by atoms with E-state index in [0.29, 0.717) is 22.6 Å². The molecule has 0 saturated heterocycles. The molecule has 0 aliphatic heterocycles. The van der Waals surface area contributed by atoms with Crippen molar-refractivity contribution < 1.29 is 4.74 Å². The SMILES string of the molecule is CNC(=S)Nc1cnn(COc2cccc(Cl)c2)c1. The molecule has 0 aliphatic carbocycles. The normalized spacial score (nSPS) is 10.0. The average Bonchev–Trinajstić information content (AvgIpc) is 2.84. The summed E-state index contributed by atoms with van der Waals surface area (Å²) >= 11 is 10.9. The van der Waals surface area contributed by atoms with E-state index in [1.807, 2.05) is 12.1 Å². The van der Waals surface area contributed by atoms with E-state index in [1.54, 1.807) is 36.3 Å². The maximum absolute atomic E-state index is 5.87. The van der Waals surface area contributed by atoms with E-state index in [0.717, 1.165) is 5.69 Å². The van der Waals surface area contributed by atoms with Crippen molar-refractivity contribution >= 4 is 34.6 Å². The number of halogens is 1. The van der Waals surface area contributed by atoms with E-state index in [4.69, 9.17) is 28.6 Å². The van der Waals surface area contributed by atoms with E-state index in [2.05, 4.69) is 15.7 Å². The molecule has 0 spiro atoms. The molecule has 7 heteroatoms. The fourth-order valence-electron chi connectivity index (χ4n) is 1.39. The summed E-state index contributed by atoms with van der Waals surface area (Å²) in [5, 5.41) is 11.1. The first kappa shape index (κ1) is 13.6. The minimum atomic E-state index is 0.300. The number of anilines is 1. The van der Waals surface area contributed by atoms with Crippen LogP contribution >= 0.6 is 23.8 Å². The Labute approximate surface area is 121 Å². The van der Waals surface area contributed by atoms with Crippen LogP contribution in [0.2, 0.25) is 5.02 Å². The molecular weight excluding hydrogens is 284 g/mol. The molecular formula is C12H13ClN4OS. The largest absolute Gasteiger partial charge is 0.471 e. The van der Waals surface area contributed by atoms with Gasteiger partial charge in [0.05, 0.1) is 18.1 Å². The van der Waals surface area contributed by atoms with Crippen LogP contribution in [0.1, 0.15) is 0 Å². The molecule has 0 radical (unpaired) electrons. The van der Waals surface area contributed by atoms with Crippen LogP contribution < -0.4 is 15.4 Å². The molecule has 1 aromatic heterocycles. The maximum atomic E-state index is 5.87. The number of ether oxygens (including phenoxy) is 1. The van der Waals surface area contributed by atoms with Gasteiger partial charge in [-0.05, 0) is 30.4 Å². The summed E-state index contributed by atoms with van der Waals surface area (Å²) < 4.78 is 7.21. The molecule has 1 heterocycles. The molecule has 0 unspecified atom stereocenters. The van der Waals surface area contributed by atoms with Crippen molar-refractivity contribution in [2.45, 2.75) is 6.73 Å². The van der Waals surface area contributed by atoms with Gasteiger partial charge in [0.2, 0.25) is 0 Å². The van der Waals surface area contributed by atoms with Crippen molar-refractivity contribution in [2.75, 3.05) is 12.4 Å². The van der Waals surface area contributed by atoms with Gasteiger partial charge in [0.15, 0.2) is 11.8 Å². The smallest absolute Gasteiger partial charge is 0.180 e. The highest BCUT2D eigenvalue weighted by Gasteiger charge is 2.01. The van der Waals surface area contributed by atoms with Gasteiger partial charge in [0.1, 0.15) is 5.75 Å². The zero-order valence-electron chi connectivity index (χ0n) is 10.3. The monoisotopic (exact) mass is 296 g/mol. The zero-order chi connectivity index (χ0) is 13.7. The van der Waals surface area contributed by atoms with Crippen LogP contribution in [0.5, 0.6) is 5.75 Å². The Morgan fingerprint density at radius 2 is 2.37 bits per heavy atom. The highest BCUT2D eigenvalue weighted by atomic mass is 35.5. The summed E-state index contributed by atoms with van der Waals surface area (Å²) in [6, 6.07) is 7.22. The lowest BCUT2D eigenvalue weighted by atomic mass is 10.3. The van der Waals surface area contributed by atoms with Crippen LogP contribution in [0.4, 0.5) is 5.69 Å². The number of nitrogens with one attached hydrogen (secondary N) is 2. The second kappa shape index (κ2) is 6.40. The third-order valence-electron chi connectivity index (χ3n) is 2.28. The van der Waals surface area contributed by atoms with Crippen LogP contribution in [0.25, 0.3) is 0 Å². The van der Waals surface area contributed by atoms with E-state index < -0.39 is 0 Å². The summed E-state index contributed by atoms with van der Waals surface area (Å²) in [5.74, 6) is 0.697. The predicted molar refractivity (Wildman–Crippen MR) is 79.6 cm³/mol. The molecule has 5 nitrogen and oxygen atoms in total. The standard InChI is InChI=1S/C12H13ClN4OS/c1-14-12(19)16-10-6-15-17(7-10)8-18-11-4-2-3-9(13)5-11/h2-7H,8H2,1H3,(H2,14,16,19). The Morgan fingerprint density at radius 3 is 3.11 bits per heavy atom. The molecule has 0 bridgehead atoms. The predicted octanol–water partition coefficient (Wildman–Crippen LogP) is 2.49. The van der Waals surface area contributed by atoms with Gasteiger partial charge in [-0.2, -0.15) is 5.10 Å². The quantitative estimate of drug-likeness (QED) is 0.849. The third kappa shape index (κ3) is 4.11. The lowest BCUT2D eigenvalue weighted by Gasteiger charge is -2.06. The van der Waals surface area contributed by atoms with Crippen LogP contribution in [-0.4, -0.2) is 21.9 Å². The number of benzene rings is 1. The van der Waals surface area contributed by atoms with E-state index >= 15 is 0 Å². The van der Waals surface area contributed by atoms with Gasteiger partial charge < -0.3 is 15.4 Å². The Hall–Kier alpha value is -1.79. The number of thiocarbonyl (C=S) groups is 1. The lowest BCUT2D eigenvalue weighted by molar-refractivity contribution is 0.221. The van der Waals surface area contributed by atoms with Gasteiger partial charge in [-0.15, -0.1) is 0 Å². The first-order chi connectivity index (χ1) is 9.17. The molecule has 0 amide bonds. The van der Waals surface area contributed by atoms with Gasteiger partial charge in [0, 0.05) is 12.1 Å². The summed E-state index contributed by atoms with van der Waals surface area (Å²) in [6.45, 7) is 0.300. The molecule has 0 fully saturated rings. The van der Waals surface area contributed by atoms with Crippen molar-refractivity contribution in [3.8, 4) is 5.75 Å². The molecule has 2 rings (SSSR count). The average molecular weight is 297 g/mol. The maximum Gasteiger partial charge on any atom is 0.180 e. The minimum absolute atomic E-state index is 0.300. The summed E-state index contributed by atoms with van der Waals surface area (Å²) in [5.41, 5.74) is 0.800. The van der Waals surface area contributed by atoms with Crippen LogP contribution in [-0.2, 0) is 6.73 Å². The van der Waals surface area contributed by atoms with Crippen LogP contribution in [0.15, 0.2) is 36.7 Å². The molecule has 0 aliphatic rings. The van der Waals surface area contributed by atoms with Crippen molar-refractivity contribution in [1.82, 2.24) is 15.1 Å². The van der Waals surface area contributed by atoms with E-state index in [-0.39, 0.29) is 0 Å². The van der Waals surface area contributed by atoms with Gasteiger partial charge in [-0.3, -0.25) is 0 Å². The summed E-state index contributed by atoms with van der Waals surface area (Å²) in [7, 11) is 1.75. The van der Waals surface area contributed by atoms with Crippen LogP contribution in [0, 0.1) is 0 Å². The molecule has 19 heavy (non-hydrogen) atoms. The van der Waals surface area contributed by atoms with E-state index in [1.165, 1.54) is 0 Å². The lowest BCUT2D eigenvalue weighted by Crippen LogP contribution is -2.23. The van der Waals surface area contributed by atoms with Gasteiger partial charge >= 0.3 is 0 Å². The number of hydrogen-bond donors (Lipinski definition) is 2. The number of rotatable bonds is 4. The highest BCUT2D eigenvalue weighted by molar-refractivity contribution is 7.80. The van der Waals surface area contributed by atoms with Crippen molar-refractivity contribution in [1.29, 1.82) is 0 Å². The third-order valence-corrected chi connectivity index (χ3v) is 2.82. The van der Waals surface area contributed by atoms with Gasteiger partial charge in [-0.25, -0.2) is 4.68 Å². The minimum Gasteiger partial charge on any atom is -0.471 e. The van der Waals surface area contributed by atoms with Gasteiger partial charge in [0.25, 0.3) is 0 Å². The van der Waals surface area contributed by atoms with E-state index in [9.17, 15) is 0 Å². The summed E-state index contributed by atoms with van der Waals surface area (Å²) in [6.07, 6.45) is 3.47. The molecule has 0 atom stereocenters. The Balaban J connectivity index is 1.91. The molecule has 0 saturated carbocycles. The number of aromatic nitrogens is 2. The topological polar surface area (TPSA) is 51.1 Å². The van der Waals surface area contributed by atoms with Crippen molar-refractivity contribution in [3.63, 3.8) is 0 Å². The first-order valence-corrected chi connectivity index (χ1v) is 6.35. The Morgan fingerprint density at radius 1 is 1.53 bits per heavy atom. The zero-order valence-corrected chi connectivity index (χ0v) is 11.8. The number of hydrogen-bond acceptors (Lipinski definition) is 3. The second-order valence-corrected chi connectivity index (χ2v) is 4.55. The second-order valence-electron chi connectivity index (χ2n) is 3.70. The highest BCUT2D eigenvalue weighted by Crippen LogP contribution is 2.17. The summed E-state index contributed by atoms with van der Waals surface area (Å²) in [4.78, 5) is 0. The fraction of sp³-hybridized carbons (Fsp3) is 0.167. The van der Waals surface area contributed by atoms with Crippen molar-refractivity contribution in [2.24, 2.45) is 0 Å². The first-order valence-electron chi connectivity index (χ1n) is 5.57. The Kier molecular flexibility index (Phi) is 4.59. The molecule has 2 aromatic rings. The molecule has 1 aromatic carbocycles. The molecule has 100 valence electrons. The van der Waals surface area contributed by atoms with Crippen LogP contribution in [0.3, 0.4) is 0 Å². The van der Waals surface area contributed by atoms with Crippen molar-refractivity contribution in [3.05, 3.63) is 41.7 Å².